The predicted octanol–water partition coefficient (Wildman–Crippen LogP) is 3.19. The van der Waals surface area contributed by atoms with Crippen LogP contribution in [0.4, 0.5) is 0 Å². The fourth-order valence-corrected chi connectivity index (χ4v) is 1.91. The van der Waals surface area contributed by atoms with Crippen molar-refractivity contribution in [3.05, 3.63) is 29.3 Å². The summed E-state index contributed by atoms with van der Waals surface area (Å²) in [5, 5.41) is 3.65. The number of ether oxygens (including phenoxy) is 2. The third-order valence-electron chi connectivity index (χ3n) is 3.13. The number of hydrogen-bond donors (Lipinski definition) is 0. The zero-order chi connectivity index (χ0) is 15.2. The fourth-order valence-electron chi connectivity index (χ4n) is 1.91. The van der Waals surface area contributed by atoms with Gasteiger partial charge in [0.15, 0.2) is 11.5 Å². The van der Waals surface area contributed by atoms with Crippen LogP contribution in [-0.4, -0.2) is 25.4 Å². The normalized spacial score (nSPS) is 15.9. The van der Waals surface area contributed by atoms with Gasteiger partial charge in [-0.1, -0.05) is 24.6 Å². The van der Waals surface area contributed by atoms with Gasteiger partial charge in [-0.25, -0.2) is 4.79 Å². The quantitative estimate of drug-likeness (QED) is 0.458. The number of nitrogens with zero attached hydrogens (tertiary/aromatic N) is 1. The number of carbonyl (C=O) groups excluding carboxylic acids is 1. The smallest absolute Gasteiger partial charge is 0.367 e. The average molecular weight is 289 g/mol. The lowest BCUT2D eigenvalue weighted by molar-refractivity contribution is -0.136. The highest BCUT2D eigenvalue weighted by atomic mass is 16.7. The molecule has 1 aliphatic rings. The minimum atomic E-state index is -0.435. The molecule has 1 aromatic carbocycles. The molecule has 0 aromatic heterocycles. The summed E-state index contributed by atoms with van der Waals surface area (Å²) in [5.41, 5.74) is 1.86. The van der Waals surface area contributed by atoms with E-state index < -0.39 is 5.97 Å². The first-order valence-electron chi connectivity index (χ1n) is 6.94. The van der Waals surface area contributed by atoms with Crippen LogP contribution < -0.4 is 9.47 Å². The molecule has 0 unspecified atom stereocenters. The van der Waals surface area contributed by atoms with Crippen molar-refractivity contribution in [1.82, 2.24) is 0 Å². The van der Waals surface area contributed by atoms with Gasteiger partial charge >= 0.3 is 5.97 Å². The molecule has 0 N–H and O–H groups in total. The van der Waals surface area contributed by atoms with Crippen molar-refractivity contribution in [3.63, 3.8) is 0 Å². The number of carbonyl (C=O) groups is 1. The van der Waals surface area contributed by atoms with Gasteiger partial charge in [0.05, 0.1) is 25.0 Å². The minimum absolute atomic E-state index is 0.435. The van der Waals surface area contributed by atoms with E-state index in [9.17, 15) is 4.79 Å². The van der Waals surface area contributed by atoms with Crippen LogP contribution in [0.1, 0.15) is 32.3 Å². The highest BCUT2D eigenvalue weighted by molar-refractivity contribution is 6.24. The maximum atomic E-state index is 11.5. The Hall–Kier alpha value is -2.30. The molecule has 0 saturated heterocycles. The highest BCUT2D eigenvalue weighted by Crippen LogP contribution is 2.29. The molecule has 1 aliphatic heterocycles. The summed E-state index contributed by atoms with van der Waals surface area (Å²) in [5.74, 6) is 0.906. The Morgan fingerprint density at radius 1 is 1.33 bits per heavy atom. The van der Waals surface area contributed by atoms with Crippen molar-refractivity contribution >= 4 is 17.8 Å². The molecule has 5 nitrogen and oxygen atoms in total. The van der Waals surface area contributed by atoms with E-state index >= 15 is 0 Å². The molecule has 21 heavy (non-hydrogen) atoms. The summed E-state index contributed by atoms with van der Waals surface area (Å²) in [6.45, 7) is 4.50. The molecule has 0 aliphatic carbocycles. The van der Waals surface area contributed by atoms with E-state index in [0.717, 1.165) is 18.4 Å². The number of oxime groups is 1. The van der Waals surface area contributed by atoms with Gasteiger partial charge in [0.25, 0.3) is 0 Å². The minimum Gasteiger partial charge on any atom is -0.493 e. The molecule has 0 fully saturated rings. The van der Waals surface area contributed by atoms with Crippen LogP contribution in [0.5, 0.6) is 11.5 Å². The molecule has 0 amide bonds. The second-order valence-electron chi connectivity index (χ2n) is 4.73. The lowest BCUT2D eigenvalue weighted by Gasteiger charge is -2.11. The number of unbranched alkanes of at least 4 members (excludes halogenated alkanes) is 1. The van der Waals surface area contributed by atoms with Crippen LogP contribution in [0.3, 0.4) is 0 Å². The zero-order valence-electron chi connectivity index (χ0n) is 12.5. The Kier molecular flexibility index (Phi) is 4.98. The Labute approximate surface area is 124 Å². The first-order valence-corrected chi connectivity index (χ1v) is 6.94. The molecular weight excluding hydrogens is 270 g/mol. The summed E-state index contributed by atoms with van der Waals surface area (Å²) in [4.78, 5) is 16.1. The van der Waals surface area contributed by atoms with Crippen molar-refractivity contribution in [3.8, 4) is 11.5 Å². The predicted molar refractivity (Wildman–Crippen MR) is 80.6 cm³/mol. The van der Waals surface area contributed by atoms with Gasteiger partial charge in [-0.05, 0) is 37.1 Å². The maximum absolute atomic E-state index is 11.5. The Morgan fingerprint density at radius 3 is 2.76 bits per heavy atom. The van der Waals surface area contributed by atoms with E-state index in [1.807, 2.05) is 18.2 Å². The monoisotopic (exact) mass is 289 g/mol. The Balaban J connectivity index is 2.21. The SMILES string of the molecule is CCCCOc1ccc(/C=C2\C(=O)ON=C2C)cc1OC. The largest absolute Gasteiger partial charge is 0.493 e. The topological polar surface area (TPSA) is 57.1 Å². The van der Waals surface area contributed by atoms with E-state index in [4.69, 9.17) is 9.47 Å². The summed E-state index contributed by atoms with van der Waals surface area (Å²) in [7, 11) is 1.59. The second-order valence-corrected chi connectivity index (χ2v) is 4.73. The third-order valence-corrected chi connectivity index (χ3v) is 3.13. The van der Waals surface area contributed by atoms with Gasteiger partial charge in [0, 0.05) is 0 Å². The number of benzene rings is 1. The molecule has 0 bridgehead atoms. The van der Waals surface area contributed by atoms with Crippen LogP contribution in [0.2, 0.25) is 0 Å². The first kappa shape index (κ1) is 15.1. The maximum Gasteiger partial charge on any atom is 0.367 e. The lowest BCUT2D eigenvalue weighted by Crippen LogP contribution is -2.02. The van der Waals surface area contributed by atoms with E-state index in [1.165, 1.54) is 0 Å². The van der Waals surface area contributed by atoms with Crippen molar-refractivity contribution in [1.29, 1.82) is 0 Å². The van der Waals surface area contributed by atoms with Crippen LogP contribution >= 0.6 is 0 Å². The van der Waals surface area contributed by atoms with Gasteiger partial charge in [-0.2, -0.15) is 0 Å². The third kappa shape index (κ3) is 3.62. The molecule has 0 atom stereocenters. The first-order chi connectivity index (χ1) is 10.2. The van der Waals surface area contributed by atoms with Gasteiger partial charge in [0.1, 0.15) is 0 Å². The summed E-state index contributed by atoms with van der Waals surface area (Å²) >= 11 is 0. The lowest BCUT2D eigenvalue weighted by atomic mass is 10.1. The van der Waals surface area contributed by atoms with Crippen LogP contribution in [0, 0.1) is 0 Å². The second kappa shape index (κ2) is 6.92. The molecule has 0 spiro atoms. The van der Waals surface area contributed by atoms with Gasteiger partial charge in [0.2, 0.25) is 0 Å². The van der Waals surface area contributed by atoms with Gasteiger partial charge < -0.3 is 14.3 Å². The van der Waals surface area contributed by atoms with Gasteiger partial charge in [-0.3, -0.25) is 0 Å². The summed E-state index contributed by atoms with van der Waals surface area (Å²) < 4.78 is 11.0. The average Bonchev–Trinajstić information content (AvgIpc) is 2.80. The molecule has 112 valence electrons. The molecular formula is C16H19NO4. The van der Waals surface area contributed by atoms with Crippen LogP contribution in [-0.2, 0) is 9.63 Å². The number of rotatable bonds is 6. The highest BCUT2D eigenvalue weighted by Gasteiger charge is 2.21. The van der Waals surface area contributed by atoms with Crippen molar-refractivity contribution in [2.45, 2.75) is 26.7 Å². The van der Waals surface area contributed by atoms with Crippen molar-refractivity contribution < 1.29 is 19.1 Å². The van der Waals surface area contributed by atoms with E-state index in [1.54, 1.807) is 20.1 Å². The van der Waals surface area contributed by atoms with E-state index in [0.29, 0.717) is 29.4 Å². The van der Waals surface area contributed by atoms with Crippen molar-refractivity contribution in [2.24, 2.45) is 5.16 Å². The molecule has 0 saturated carbocycles. The standard InChI is InChI=1S/C16H19NO4/c1-4-5-8-20-14-7-6-12(10-15(14)19-3)9-13-11(2)17-21-16(13)18/h6-7,9-10H,4-5,8H2,1-3H3/b13-9-. The van der Waals surface area contributed by atoms with Crippen molar-refractivity contribution in [2.75, 3.05) is 13.7 Å². The van der Waals surface area contributed by atoms with Gasteiger partial charge in [-0.15, -0.1) is 0 Å². The Bertz CT molecular complexity index is 590. The summed E-state index contributed by atoms with van der Waals surface area (Å²) in [6.07, 6.45) is 3.80. The number of hydrogen-bond acceptors (Lipinski definition) is 5. The molecule has 1 heterocycles. The van der Waals surface area contributed by atoms with E-state index in [-0.39, 0.29) is 0 Å². The molecule has 2 rings (SSSR count). The molecule has 1 aromatic rings. The molecule has 0 radical (unpaired) electrons. The van der Waals surface area contributed by atoms with E-state index in [2.05, 4.69) is 16.9 Å². The Morgan fingerprint density at radius 2 is 2.14 bits per heavy atom. The zero-order valence-corrected chi connectivity index (χ0v) is 12.5. The number of methoxy groups -OCH3 is 1. The fraction of sp³-hybridized carbons (Fsp3) is 0.375. The summed E-state index contributed by atoms with van der Waals surface area (Å²) in [6, 6.07) is 5.54. The van der Waals surface area contributed by atoms with Crippen LogP contribution in [0.15, 0.2) is 28.9 Å². The molecule has 5 heteroatoms. The van der Waals surface area contributed by atoms with Crippen LogP contribution in [0.25, 0.3) is 6.08 Å².